The third kappa shape index (κ3) is 4.17. The highest BCUT2D eigenvalue weighted by atomic mass is 127. The van der Waals surface area contributed by atoms with E-state index in [9.17, 15) is 10.1 Å². The third-order valence-corrected chi connectivity index (χ3v) is 4.56. The fourth-order valence-corrected chi connectivity index (χ4v) is 2.97. The average molecular weight is 397 g/mol. The Morgan fingerprint density at radius 3 is 2.43 bits per heavy atom. The van der Waals surface area contributed by atoms with Gasteiger partial charge in [-0.3, -0.25) is 9.69 Å². The van der Waals surface area contributed by atoms with E-state index in [0.29, 0.717) is 13.1 Å². The molecule has 1 saturated heterocycles. The zero-order chi connectivity index (χ0) is 15.2. The number of carbonyl (C=O) groups excluding carboxylic acids is 1. The average Bonchev–Trinajstić information content (AvgIpc) is 2.53. The molecule has 1 aromatic carbocycles. The van der Waals surface area contributed by atoms with Crippen LogP contribution in [0.15, 0.2) is 24.3 Å². The lowest BCUT2D eigenvalue weighted by atomic mass is 10.1. The zero-order valence-corrected chi connectivity index (χ0v) is 14.4. The van der Waals surface area contributed by atoms with Crippen molar-refractivity contribution in [1.82, 2.24) is 9.80 Å². The number of carbonyl (C=O) groups is 1. The Hall–Kier alpha value is -1.13. The molecule has 0 spiro atoms. The van der Waals surface area contributed by atoms with Gasteiger partial charge < -0.3 is 4.90 Å². The van der Waals surface area contributed by atoms with Crippen molar-refractivity contribution < 1.29 is 4.79 Å². The molecule has 2 rings (SSSR count). The summed E-state index contributed by atoms with van der Waals surface area (Å²) in [6, 6.07) is 10.0. The molecule has 1 amide bonds. The van der Waals surface area contributed by atoms with Gasteiger partial charge in [0, 0.05) is 35.3 Å². The lowest BCUT2D eigenvalue weighted by molar-refractivity contribution is 0.0601. The fraction of sp³-hybridized carbons (Fsp3) is 0.500. The predicted molar refractivity (Wildman–Crippen MR) is 90.9 cm³/mol. The van der Waals surface area contributed by atoms with Crippen LogP contribution in [-0.2, 0) is 0 Å². The van der Waals surface area contributed by atoms with Gasteiger partial charge in [0.2, 0.25) is 0 Å². The number of halogens is 1. The molecule has 0 aromatic heterocycles. The van der Waals surface area contributed by atoms with Crippen molar-refractivity contribution in [2.45, 2.75) is 25.8 Å². The Kier molecular flexibility index (Phi) is 6.00. The Balaban J connectivity index is 1.93. The van der Waals surface area contributed by atoms with Crippen LogP contribution in [0.3, 0.4) is 0 Å². The first-order valence-electron chi connectivity index (χ1n) is 7.34. The Morgan fingerprint density at radius 2 is 1.90 bits per heavy atom. The number of piperazine rings is 1. The summed E-state index contributed by atoms with van der Waals surface area (Å²) in [5, 5.41) is 9.22. The topological polar surface area (TPSA) is 47.3 Å². The van der Waals surface area contributed by atoms with Crippen LogP contribution in [0.25, 0.3) is 0 Å². The molecule has 21 heavy (non-hydrogen) atoms. The number of hydrogen-bond acceptors (Lipinski definition) is 3. The second-order valence-corrected chi connectivity index (χ2v) is 6.51. The molecule has 1 fully saturated rings. The summed E-state index contributed by atoms with van der Waals surface area (Å²) in [6.07, 6.45) is 1.92. The molecule has 4 nitrogen and oxygen atoms in total. The molecule has 5 heteroatoms. The minimum Gasteiger partial charge on any atom is -0.336 e. The summed E-state index contributed by atoms with van der Waals surface area (Å²) < 4.78 is 1.13. The quantitative estimate of drug-likeness (QED) is 0.735. The van der Waals surface area contributed by atoms with E-state index in [1.165, 1.54) is 0 Å². The van der Waals surface area contributed by atoms with Crippen molar-refractivity contribution in [3.63, 3.8) is 0 Å². The second kappa shape index (κ2) is 7.76. The van der Waals surface area contributed by atoms with Crippen LogP contribution in [0.4, 0.5) is 0 Å². The highest BCUT2D eigenvalue weighted by Crippen LogP contribution is 2.14. The van der Waals surface area contributed by atoms with Crippen molar-refractivity contribution >= 4 is 28.5 Å². The van der Waals surface area contributed by atoms with E-state index in [1.807, 2.05) is 29.2 Å². The number of amides is 1. The maximum atomic E-state index is 12.4. The van der Waals surface area contributed by atoms with Crippen LogP contribution in [-0.4, -0.2) is 47.9 Å². The molecular formula is C16H20IN3O. The molecule has 1 aliphatic heterocycles. The second-order valence-electron chi connectivity index (χ2n) is 5.27. The summed E-state index contributed by atoms with van der Waals surface area (Å²) in [7, 11) is 0. The molecule has 1 atom stereocenters. The van der Waals surface area contributed by atoms with Gasteiger partial charge in [-0.05, 0) is 53.3 Å². The van der Waals surface area contributed by atoms with Gasteiger partial charge in [-0.25, -0.2) is 0 Å². The Morgan fingerprint density at radius 1 is 1.29 bits per heavy atom. The molecule has 1 unspecified atom stereocenters. The van der Waals surface area contributed by atoms with E-state index in [2.05, 4.69) is 40.5 Å². The van der Waals surface area contributed by atoms with Crippen molar-refractivity contribution in [2.75, 3.05) is 26.2 Å². The number of hydrogen-bond donors (Lipinski definition) is 0. The molecule has 0 bridgehead atoms. The summed E-state index contributed by atoms with van der Waals surface area (Å²) >= 11 is 2.23. The van der Waals surface area contributed by atoms with E-state index in [0.717, 1.165) is 35.1 Å². The SMILES string of the molecule is CCCC(C#N)N1CCN(C(=O)c2ccc(I)cc2)CC1. The summed E-state index contributed by atoms with van der Waals surface area (Å²) in [6.45, 7) is 5.07. The first kappa shape index (κ1) is 16.2. The molecule has 1 aromatic rings. The van der Waals surface area contributed by atoms with Crippen LogP contribution in [0.5, 0.6) is 0 Å². The van der Waals surface area contributed by atoms with Gasteiger partial charge in [-0.2, -0.15) is 5.26 Å². The number of benzene rings is 1. The van der Waals surface area contributed by atoms with E-state index in [-0.39, 0.29) is 11.9 Å². The highest BCUT2D eigenvalue weighted by Gasteiger charge is 2.26. The van der Waals surface area contributed by atoms with Gasteiger partial charge in [-0.1, -0.05) is 13.3 Å². The molecule has 0 N–H and O–H groups in total. The van der Waals surface area contributed by atoms with Gasteiger partial charge in [0.05, 0.1) is 12.1 Å². The van der Waals surface area contributed by atoms with Crippen LogP contribution in [0.2, 0.25) is 0 Å². The fourth-order valence-electron chi connectivity index (χ4n) is 2.61. The lowest BCUT2D eigenvalue weighted by Crippen LogP contribution is -2.51. The largest absolute Gasteiger partial charge is 0.336 e. The number of rotatable bonds is 4. The van der Waals surface area contributed by atoms with Crippen molar-refractivity contribution in [1.29, 1.82) is 5.26 Å². The standard InChI is InChI=1S/C16H20IN3O/c1-2-3-15(12-18)19-8-10-20(11-9-19)16(21)13-4-6-14(17)7-5-13/h4-7,15H,2-3,8-11H2,1H3. The van der Waals surface area contributed by atoms with Gasteiger partial charge in [0.1, 0.15) is 0 Å². The molecule has 0 aliphatic carbocycles. The van der Waals surface area contributed by atoms with E-state index in [1.54, 1.807) is 0 Å². The normalized spacial score (nSPS) is 17.3. The maximum Gasteiger partial charge on any atom is 0.253 e. The minimum atomic E-state index is -0.00874. The Labute approximate surface area is 139 Å². The molecule has 0 radical (unpaired) electrons. The van der Waals surface area contributed by atoms with Crippen LogP contribution in [0.1, 0.15) is 30.1 Å². The molecular weight excluding hydrogens is 377 g/mol. The Bertz CT molecular complexity index is 515. The third-order valence-electron chi connectivity index (χ3n) is 3.84. The summed E-state index contributed by atoms with van der Waals surface area (Å²) in [5.41, 5.74) is 0.745. The number of nitriles is 1. The van der Waals surface area contributed by atoms with Crippen molar-refractivity contribution in [3.05, 3.63) is 33.4 Å². The smallest absolute Gasteiger partial charge is 0.253 e. The van der Waals surface area contributed by atoms with E-state index < -0.39 is 0 Å². The first-order chi connectivity index (χ1) is 10.2. The lowest BCUT2D eigenvalue weighted by Gasteiger charge is -2.37. The predicted octanol–water partition coefficient (Wildman–Crippen LogP) is 2.74. The van der Waals surface area contributed by atoms with E-state index in [4.69, 9.17) is 0 Å². The molecule has 1 aliphatic rings. The summed E-state index contributed by atoms with van der Waals surface area (Å²) in [4.78, 5) is 16.5. The molecule has 1 heterocycles. The molecule has 112 valence electrons. The van der Waals surface area contributed by atoms with Crippen LogP contribution >= 0.6 is 22.6 Å². The van der Waals surface area contributed by atoms with Gasteiger partial charge in [0.15, 0.2) is 0 Å². The van der Waals surface area contributed by atoms with Crippen molar-refractivity contribution in [2.24, 2.45) is 0 Å². The summed E-state index contributed by atoms with van der Waals surface area (Å²) in [5.74, 6) is 0.0926. The van der Waals surface area contributed by atoms with Crippen molar-refractivity contribution in [3.8, 4) is 6.07 Å². The number of nitrogens with zero attached hydrogens (tertiary/aromatic N) is 3. The maximum absolute atomic E-state index is 12.4. The monoisotopic (exact) mass is 397 g/mol. The molecule has 0 saturated carbocycles. The highest BCUT2D eigenvalue weighted by molar-refractivity contribution is 14.1. The van der Waals surface area contributed by atoms with Crippen LogP contribution < -0.4 is 0 Å². The van der Waals surface area contributed by atoms with Crippen LogP contribution in [0, 0.1) is 14.9 Å². The minimum absolute atomic E-state index is 0.00874. The first-order valence-corrected chi connectivity index (χ1v) is 8.42. The zero-order valence-electron chi connectivity index (χ0n) is 12.3. The van der Waals surface area contributed by atoms with Gasteiger partial charge in [0.25, 0.3) is 5.91 Å². The van der Waals surface area contributed by atoms with Gasteiger partial charge in [-0.15, -0.1) is 0 Å². The van der Waals surface area contributed by atoms with Gasteiger partial charge >= 0.3 is 0 Å². The van der Waals surface area contributed by atoms with E-state index >= 15 is 0 Å².